The molecule has 1 N–H and O–H groups in total. The van der Waals surface area contributed by atoms with Gasteiger partial charge in [-0.2, -0.15) is 0 Å². The lowest BCUT2D eigenvalue weighted by Crippen LogP contribution is -2.19. The van der Waals surface area contributed by atoms with Crippen LogP contribution < -0.4 is 4.74 Å². The molecule has 190 valence electrons. The number of hydrogen-bond donors (Lipinski definition) is 1. The van der Waals surface area contributed by atoms with E-state index in [1.807, 2.05) is 12.1 Å². The summed E-state index contributed by atoms with van der Waals surface area (Å²) in [6, 6.07) is 31.5. The molecule has 38 heavy (non-hydrogen) atoms. The Morgan fingerprint density at radius 3 is 2.34 bits per heavy atom. The summed E-state index contributed by atoms with van der Waals surface area (Å²) in [5.74, 6) is 2.81. The van der Waals surface area contributed by atoms with Crippen LogP contribution in [-0.2, 0) is 25.8 Å². The first kappa shape index (κ1) is 23.8. The van der Waals surface area contributed by atoms with Crippen molar-refractivity contribution in [3.63, 3.8) is 0 Å². The SMILES string of the molecule is COc1ccc(Cn2c(CCc3ccccc3)nnc2[C@@H](Cc2c[nH]c3ccccc23)n2cccc2)cc1. The van der Waals surface area contributed by atoms with Crippen LogP contribution in [0.15, 0.2) is 110 Å². The van der Waals surface area contributed by atoms with Gasteiger partial charge in [-0.05, 0) is 53.4 Å². The van der Waals surface area contributed by atoms with Crippen molar-refractivity contribution in [1.29, 1.82) is 0 Å². The first-order chi connectivity index (χ1) is 18.8. The number of rotatable bonds is 10. The molecule has 0 saturated carbocycles. The number of aromatic amines is 1. The molecule has 0 aliphatic carbocycles. The average Bonchev–Trinajstić information content (AvgIpc) is 3.73. The molecule has 0 bridgehead atoms. The topological polar surface area (TPSA) is 60.7 Å². The van der Waals surface area contributed by atoms with Gasteiger partial charge >= 0.3 is 0 Å². The molecule has 0 radical (unpaired) electrons. The number of nitrogens with one attached hydrogen (secondary N) is 1. The number of ether oxygens (including phenoxy) is 1. The molecule has 3 aromatic heterocycles. The van der Waals surface area contributed by atoms with Gasteiger partial charge in [0, 0.05) is 42.3 Å². The maximum atomic E-state index is 5.38. The maximum Gasteiger partial charge on any atom is 0.156 e. The molecule has 0 amide bonds. The number of benzene rings is 3. The highest BCUT2D eigenvalue weighted by Crippen LogP contribution is 2.28. The number of fused-ring (bicyclic) bond motifs is 1. The number of nitrogens with zero attached hydrogens (tertiary/aromatic N) is 4. The predicted molar refractivity (Wildman–Crippen MR) is 151 cm³/mol. The van der Waals surface area contributed by atoms with Crippen LogP contribution in [0.4, 0.5) is 0 Å². The highest BCUT2D eigenvalue weighted by atomic mass is 16.5. The second-order valence-electron chi connectivity index (χ2n) is 9.60. The van der Waals surface area contributed by atoms with E-state index in [0.29, 0.717) is 6.54 Å². The van der Waals surface area contributed by atoms with Crippen LogP contribution in [0.3, 0.4) is 0 Å². The van der Waals surface area contributed by atoms with Gasteiger partial charge in [0.05, 0.1) is 19.7 Å². The molecule has 6 nitrogen and oxygen atoms in total. The summed E-state index contributed by atoms with van der Waals surface area (Å²) in [7, 11) is 1.70. The summed E-state index contributed by atoms with van der Waals surface area (Å²) in [5, 5.41) is 10.8. The van der Waals surface area contributed by atoms with Crippen LogP contribution in [-0.4, -0.2) is 31.4 Å². The standard InChI is InChI=1S/C32H31N5O/c1-38-27-16-13-25(14-17-27)23-37-31(18-15-24-9-3-2-4-10-24)34-35-32(37)30(36-19-7-8-20-36)21-26-22-33-29-12-6-5-11-28(26)29/h2-14,16-17,19-20,22,30,33H,15,18,21,23H2,1H3/t30-/m1/s1. The van der Waals surface area contributed by atoms with Crippen molar-refractivity contribution < 1.29 is 4.74 Å². The molecule has 1 atom stereocenters. The lowest BCUT2D eigenvalue weighted by Gasteiger charge is -2.20. The predicted octanol–water partition coefficient (Wildman–Crippen LogP) is 6.24. The third kappa shape index (κ3) is 4.98. The van der Waals surface area contributed by atoms with Crippen LogP contribution in [0.1, 0.15) is 34.4 Å². The van der Waals surface area contributed by atoms with E-state index in [-0.39, 0.29) is 6.04 Å². The molecule has 0 saturated heterocycles. The fraction of sp³-hybridized carbons (Fsp3) is 0.188. The Kier molecular flexibility index (Phi) is 6.77. The Morgan fingerprint density at radius 1 is 0.789 bits per heavy atom. The molecule has 6 rings (SSSR count). The summed E-state index contributed by atoms with van der Waals surface area (Å²) in [6.45, 7) is 0.697. The Labute approximate surface area is 222 Å². The highest BCUT2D eigenvalue weighted by Gasteiger charge is 2.24. The van der Waals surface area contributed by atoms with Gasteiger partial charge in [-0.3, -0.25) is 0 Å². The van der Waals surface area contributed by atoms with Gasteiger partial charge in [0.15, 0.2) is 5.82 Å². The fourth-order valence-electron chi connectivity index (χ4n) is 5.16. The Balaban J connectivity index is 1.39. The van der Waals surface area contributed by atoms with Crippen molar-refractivity contribution in [2.75, 3.05) is 7.11 Å². The van der Waals surface area contributed by atoms with E-state index >= 15 is 0 Å². The summed E-state index contributed by atoms with van der Waals surface area (Å²) in [6.07, 6.45) is 8.90. The zero-order valence-electron chi connectivity index (χ0n) is 21.5. The first-order valence-electron chi connectivity index (χ1n) is 13.0. The minimum Gasteiger partial charge on any atom is -0.497 e. The summed E-state index contributed by atoms with van der Waals surface area (Å²) >= 11 is 0. The van der Waals surface area contributed by atoms with Crippen LogP contribution >= 0.6 is 0 Å². The summed E-state index contributed by atoms with van der Waals surface area (Å²) < 4.78 is 9.94. The highest BCUT2D eigenvalue weighted by molar-refractivity contribution is 5.83. The van der Waals surface area contributed by atoms with Gasteiger partial charge in [-0.25, -0.2) is 0 Å². The van der Waals surface area contributed by atoms with E-state index < -0.39 is 0 Å². The molecule has 6 aromatic rings. The quantitative estimate of drug-likeness (QED) is 0.242. The van der Waals surface area contributed by atoms with Crippen LogP contribution in [0, 0.1) is 0 Å². The second kappa shape index (κ2) is 10.8. The van der Waals surface area contributed by atoms with Crippen molar-refractivity contribution in [1.82, 2.24) is 24.3 Å². The normalized spacial score (nSPS) is 12.1. The lowest BCUT2D eigenvalue weighted by molar-refractivity contribution is 0.414. The van der Waals surface area contributed by atoms with Gasteiger partial charge in [-0.1, -0.05) is 60.7 Å². The van der Waals surface area contributed by atoms with E-state index in [1.165, 1.54) is 22.1 Å². The molecule has 3 aromatic carbocycles. The minimum absolute atomic E-state index is 0.000398. The fourth-order valence-corrected chi connectivity index (χ4v) is 5.16. The van der Waals surface area contributed by atoms with Crippen LogP contribution in [0.5, 0.6) is 5.75 Å². The van der Waals surface area contributed by atoms with Crippen molar-refractivity contribution in [3.05, 3.63) is 138 Å². The van der Waals surface area contributed by atoms with Gasteiger partial charge in [0.2, 0.25) is 0 Å². The third-order valence-electron chi connectivity index (χ3n) is 7.21. The number of aromatic nitrogens is 5. The molecular formula is C32H31N5O. The number of hydrogen-bond acceptors (Lipinski definition) is 3. The van der Waals surface area contributed by atoms with Crippen molar-refractivity contribution >= 4 is 10.9 Å². The summed E-state index contributed by atoms with van der Waals surface area (Å²) in [5.41, 5.74) is 4.90. The number of aryl methyl sites for hydroxylation is 2. The monoisotopic (exact) mass is 501 g/mol. The Hall–Kier alpha value is -4.58. The zero-order valence-corrected chi connectivity index (χ0v) is 21.5. The molecule has 0 fully saturated rings. The van der Waals surface area contributed by atoms with Crippen LogP contribution in [0.2, 0.25) is 0 Å². The molecular weight excluding hydrogens is 470 g/mol. The van der Waals surface area contributed by atoms with E-state index in [4.69, 9.17) is 14.9 Å². The number of para-hydroxylation sites is 1. The van der Waals surface area contributed by atoms with Gasteiger partial charge in [0.25, 0.3) is 0 Å². The van der Waals surface area contributed by atoms with Gasteiger partial charge < -0.3 is 18.9 Å². The maximum absolute atomic E-state index is 5.38. The van der Waals surface area contributed by atoms with Crippen LogP contribution in [0.25, 0.3) is 10.9 Å². The van der Waals surface area contributed by atoms with E-state index in [0.717, 1.165) is 42.2 Å². The lowest BCUT2D eigenvalue weighted by atomic mass is 10.0. The smallest absolute Gasteiger partial charge is 0.156 e. The van der Waals surface area contributed by atoms with Gasteiger partial charge in [0.1, 0.15) is 11.6 Å². The Morgan fingerprint density at radius 2 is 1.55 bits per heavy atom. The van der Waals surface area contributed by atoms with E-state index in [9.17, 15) is 0 Å². The van der Waals surface area contributed by atoms with Crippen molar-refractivity contribution in [2.24, 2.45) is 0 Å². The third-order valence-corrected chi connectivity index (χ3v) is 7.21. The van der Waals surface area contributed by atoms with Crippen molar-refractivity contribution in [2.45, 2.75) is 31.8 Å². The van der Waals surface area contributed by atoms with E-state index in [2.05, 4.69) is 112 Å². The summed E-state index contributed by atoms with van der Waals surface area (Å²) in [4.78, 5) is 3.44. The average molecular weight is 502 g/mol. The van der Waals surface area contributed by atoms with Gasteiger partial charge in [-0.15, -0.1) is 10.2 Å². The zero-order chi connectivity index (χ0) is 25.7. The number of H-pyrrole nitrogens is 1. The molecule has 0 spiro atoms. The van der Waals surface area contributed by atoms with E-state index in [1.54, 1.807) is 7.11 Å². The molecule has 3 heterocycles. The number of methoxy groups -OCH3 is 1. The largest absolute Gasteiger partial charge is 0.497 e. The van der Waals surface area contributed by atoms with Crippen molar-refractivity contribution in [3.8, 4) is 5.75 Å². The Bertz CT molecular complexity index is 1600. The second-order valence-corrected chi connectivity index (χ2v) is 9.60. The molecule has 0 aliphatic rings. The molecule has 0 aliphatic heterocycles. The molecule has 0 unspecified atom stereocenters. The first-order valence-corrected chi connectivity index (χ1v) is 13.0. The minimum atomic E-state index is 0.000398. The molecule has 6 heteroatoms.